The Balaban J connectivity index is 1.61. The Labute approximate surface area is 159 Å². The van der Waals surface area contributed by atoms with Crippen molar-refractivity contribution in [3.63, 3.8) is 0 Å². The lowest BCUT2D eigenvalue weighted by atomic mass is 10.1. The average molecular weight is 385 g/mol. The number of benzene rings is 2. The first-order valence-corrected chi connectivity index (χ1v) is 8.90. The van der Waals surface area contributed by atoms with Crippen LogP contribution in [0.4, 0.5) is 4.79 Å². The highest BCUT2D eigenvalue weighted by Crippen LogP contribution is 2.32. The number of carbonyl (C=O) groups is 2. The Kier molecular flexibility index (Phi) is 5.61. The molecule has 0 aliphatic carbocycles. The first kappa shape index (κ1) is 18.1. The van der Waals surface area contributed by atoms with Crippen molar-refractivity contribution >= 4 is 40.6 Å². The summed E-state index contributed by atoms with van der Waals surface area (Å²) in [6.45, 7) is 0.363. The fourth-order valence-electron chi connectivity index (χ4n) is 2.28. The molecule has 130 valence electrons. The lowest BCUT2D eigenvalue weighted by Crippen LogP contribution is -2.32. The van der Waals surface area contributed by atoms with Gasteiger partial charge in [-0.3, -0.25) is 14.5 Å². The molecule has 1 fully saturated rings. The highest BCUT2D eigenvalue weighted by atomic mass is 35.5. The predicted molar refractivity (Wildman–Crippen MR) is 101 cm³/mol. The third-order valence-electron chi connectivity index (χ3n) is 3.61. The second-order valence-corrected chi connectivity index (χ2v) is 6.80. The largest absolute Gasteiger partial charge is 0.492 e. The highest BCUT2D eigenvalue weighted by molar-refractivity contribution is 8.18. The summed E-state index contributed by atoms with van der Waals surface area (Å²) in [6.07, 6.45) is 1.64. The van der Waals surface area contributed by atoms with Gasteiger partial charge in [0.2, 0.25) is 0 Å². The SMILES string of the molecule is N#Cc1ccc(/C=C2\SC(=O)N(CCOc3ccc(Cl)cc3)C2=O)cc1. The summed E-state index contributed by atoms with van der Waals surface area (Å²) in [4.78, 5) is 26.0. The van der Waals surface area contributed by atoms with Gasteiger partial charge < -0.3 is 4.74 Å². The quantitative estimate of drug-likeness (QED) is 0.717. The van der Waals surface area contributed by atoms with E-state index in [1.807, 2.05) is 6.07 Å². The summed E-state index contributed by atoms with van der Waals surface area (Å²) in [7, 11) is 0. The molecule has 0 aromatic heterocycles. The van der Waals surface area contributed by atoms with Crippen LogP contribution in [0.5, 0.6) is 5.75 Å². The number of nitrogens with zero attached hydrogens (tertiary/aromatic N) is 2. The fourth-order valence-corrected chi connectivity index (χ4v) is 3.27. The molecule has 5 nitrogen and oxygen atoms in total. The molecule has 0 radical (unpaired) electrons. The van der Waals surface area contributed by atoms with E-state index < -0.39 is 0 Å². The van der Waals surface area contributed by atoms with Crippen molar-refractivity contribution in [1.82, 2.24) is 4.90 Å². The molecule has 0 saturated carbocycles. The maximum Gasteiger partial charge on any atom is 0.293 e. The van der Waals surface area contributed by atoms with Crippen LogP contribution in [0.1, 0.15) is 11.1 Å². The topological polar surface area (TPSA) is 70.4 Å². The molecule has 1 heterocycles. The van der Waals surface area contributed by atoms with E-state index >= 15 is 0 Å². The molecule has 0 atom stereocenters. The molecule has 0 bridgehead atoms. The number of thioether (sulfide) groups is 1. The first-order chi connectivity index (χ1) is 12.6. The molecule has 0 spiro atoms. The van der Waals surface area contributed by atoms with Crippen molar-refractivity contribution in [3.8, 4) is 11.8 Å². The molecule has 7 heteroatoms. The van der Waals surface area contributed by atoms with Crippen molar-refractivity contribution in [3.05, 3.63) is 69.6 Å². The van der Waals surface area contributed by atoms with Gasteiger partial charge in [-0.2, -0.15) is 5.26 Å². The first-order valence-electron chi connectivity index (χ1n) is 7.71. The number of carbonyl (C=O) groups excluding carboxylic acids is 2. The van der Waals surface area contributed by atoms with Crippen LogP contribution in [0, 0.1) is 11.3 Å². The van der Waals surface area contributed by atoms with Gasteiger partial charge in [-0.25, -0.2) is 0 Å². The molecule has 0 unspecified atom stereocenters. The zero-order valence-electron chi connectivity index (χ0n) is 13.5. The lowest BCUT2D eigenvalue weighted by molar-refractivity contribution is -0.123. The normalized spacial score (nSPS) is 15.4. The van der Waals surface area contributed by atoms with Crippen LogP contribution in [-0.2, 0) is 4.79 Å². The van der Waals surface area contributed by atoms with Crippen molar-refractivity contribution in [2.24, 2.45) is 0 Å². The monoisotopic (exact) mass is 384 g/mol. The van der Waals surface area contributed by atoms with Gasteiger partial charge in [0.1, 0.15) is 12.4 Å². The standard InChI is InChI=1S/C19H13ClN2O3S/c20-15-5-7-16(8-6-15)25-10-9-22-18(23)17(26-19(22)24)11-13-1-3-14(12-21)4-2-13/h1-8,11H,9-10H2/b17-11-. The van der Waals surface area contributed by atoms with Crippen LogP contribution >= 0.6 is 23.4 Å². The molecule has 1 aliphatic rings. The highest BCUT2D eigenvalue weighted by Gasteiger charge is 2.34. The van der Waals surface area contributed by atoms with Crippen LogP contribution in [0.3, 0.4) is 0 Å². The predicted octanol–water partition coefficient (Wildman–Crippen LogP) is 4.33. The van der Waals surface area contributed by atoms with Crippen LogP contribution in [0.15, 0.2) is 53.4 Å². The van der Waals surface area contributed by atoms with E-state index in [4.69, 9.17) is 21.6 Å². The molecule has 3 rings (SSSR count). The second kappa shape index (κ2) is 8.09. The summed E-state index contributed by atoms with van der Waals surface area (Å²) < 4.78 is 5.53. The summed E-state index contributed by atoms with van der Waals surface area (Å²) in [5.74, 6) is 0.276. The smallest absolute Gasteiger partial charge is 0.293 e. The zero-order chi connectivity index (χ0) is 18.5. The van der Waals surface area contributed by atoms with Crippen molar-refractivity contribution in [2.75, 3.05) is 13.2 Å². The van der Waals surface area contributed by atoms with Gasteiger partial charge in [-0.15, -0.1) is 0 Å². The van der Waals surface area contributed by atoms with Gasteiger partial charge in [0.05, 0.1) is 23.1 Å². The number of rotatable bonds is 5. The van der Waals surface area contributed by atoms with Crippen molar-refractivity contribution in [1.29, 1.82) is 5.26 Å². The molecule has 1 aliphatic heterocycles. The molecule has 2 amide bonds. The second-order valence-electron chi connectivity index (χ2n) is 5.37. The van der Waals surface area contributed by atoms with E-state index in [9.17, 15) is 9.59 Å². The van der Waals surface area contributed by atoms with Crippen LogP contribution in [0.25, 0.3) is 6.08 Å². The van der Waals surface area contributed by atoms with Crippen LogP contribution < -0.4 is 4.74 Å². The average Bonchev–Trinajstić information content (AvgIpc) is 2.91. The minimum Gasteiger partial charge on any atom is -0.492 e. The Morgan fingerprint density at radius 2 is 1.81 bits per heavy atom. The Morgan fingerprint density at radius 3 is 2.46 bits per heavy atom. The van der Waals surface area contributed by atoms with E-state index in [2.05, 4.69) is 0 Å². The molecule has 2 aromatic rings. The number of imide groups is 1. The molecule has 0 N–H and O–H groups in total. The third-order valence-corrected chi connectivity index (χ3v) is 4.77. The number of ether oxygens (including phenoxy) is 1. The Bertz CT molecular complexity index is 902. The van der Waals surface area contributed by atoms with E-state index in [-0.39, 0.29) is 24.3 Å². The van der Waals surface area contributed by atoms with Gasteiger partial charge in [-0.1, -0.05) is 23.7 Å². The molecular weight excluding hydrogens is 372 g/mol. The van der Waals surface area contributed by atoms with Gasteiger partial charge in [0.25, 0.3) is 11.1 Å². The number of hydrogen-bond acceptors (Lipinski definition) is 5. The fraction of sp³-hybridized carbons (Fsp3) is 0.105. The number of amides is 2. The Hall–Kier alpha value is -2.75. The number of hydrogen-bond donors (Lipinski definition) is 0. The Morgan fingerprint density at radius 1 is 1.12 bits per heavy atom. The summed E-state index contributed by atoms with van der Waals surface area (Å²) >= 11 is 6.70. The van der Waals surface area contributed by atoms with E-state index in [0.717, 1.165) is 22.2 Å². The van der Waals surface area contributed by atoms with Crippen LogP contribution in [0.2, 0.25) is 5.02 Å². The third kappa shape index (κ3) is 4.26. The van der Waals surface area contributed by atoms with E-state index in [0.29, 0.717) is 21.2 Å². The number of nitriles is 1. The van der Waals surface area contributed by atoms with E-state index in [1.165, 1.54) is 0 Å². The maximum atomic E-state index is 12.4. The number of halogens is 1. The van der Waals surface area contributed by atoms with Gasteiger partial charge >= 0.3 is 0 Å². The molecule has 1 saturated heterocycles. The zero-order valence-corrected chi connectivity index (χ0v) is 15.1. The lowest BCUT2D eigenvalue weighted by Gasteiger charge is -2.13. The minimum absolute atomic E-state index is 0.165. The minimum atomic E-state index is -0.343. The van der Waals surface area contributed by atoms with Crippen molar-refractivity contribution in [2.45, 2.75) is 0 Å². The van der Waals surface area contributed by atoms with Gasteiger partial charge in [0, 0.05) is 5.02 Å². The van der Waals surface area contributed by atoms with Crippen molar-refractivity contribution < 1.29 is 14.3 Å². The molecule has 2 aromatic carbocycles. The molecular formula is C19H13ClN2O3S. The maximum absolute atomic E-state index is 12.4. The van der Waals surface area contributed by atoms with E-state index in [1.54, 1.807) is 54.6 Å². The van der Waals surface area contributed by atoms with Gasteiger partial charge in [0.15, 0.2) is 0 Å². The summed E-state index contributed by atoms with van der Waals surface area (Å²) in [5.41, 5.74) is 1.29. The molecule has 26 heavy (non-hydrogen) atoms. The van der Waals surface area contributed by atoms with Crippen LogP contribution in [-0.4, -0.2) is 29.2 Å². The summed E-state index contributed by atoms with van der Waals surface area (Å²) in [6, 6.07) is 15.7. The summed E-state index contributed by atoms with van der Waals surface area (Å²) in [5, 5.41) is 9.09. The van der Waals surface area contributed by atoms with Gasteiger partial charge in [-0.05, 0) is 59.8 Å².